The van der Waals surface area contributed by atoms with Crippen LogP contribution in [-0.4, -0.2) is 22.4 Å². The van der Waals surface area contributed by atoms with Crippen LogP contribution in [0.1, 0.15) is 58.3 Å². The SMILES string of the molecule is C=C(F)[C@]12CC[C@H](O)CC1=CCC1C2CC[C@@]2(C)C1CC[C@@H]2O. The first-order valence-electron chi connectivity index (χ1n) is 9.30. The summed E-state index contributed by atoms with van der Waals surface area (Å²) < 4.78 is 14.8. The van der Waals surface area contributed by atoms with Gasteiger partial charge in [0.15, 0.2) is 0 Å². The number of rotatable bonds is 1. The summed E-state index contributed by atoms with van der Waals surface area (Å²) >= 11 is 0. The molecule has 4 rings (SSSR count). The number of allylic oxidation sites excluding steroid dienone is 2. The van der Waals surface area contributed by atoms with E-state index < -0.39 is 5.41 Å². The molecule has 3 unspecified atom stereocenters. The number of hydrogen-bond acceptors (Lipinski definition) is 2. The van der Waals surface area contributed by atoms with E-state index in [1.54, 1.807) is 0 Å². The average molecular weight is 320 g/mol. The first-order valence-corrected chi connectivity index (χ1v) is 9.30. The molecule has 0 bridgehead atoms. The number of hydrogen-bond donors (Lipinski definition) is 2. The number of aliphatic hydroxyl groups excluding tert-OH is 2. The van der Waals surface area contributed by atoms with Crippen LogP contribution in [0.4, 0.5) is 4.39 Å². The second kappa shape index (κ2) is 5.16. The molecule has 0 amide bonds. The Labute approximate surface area is 138 Å². The van der Waals surface area contributed by atoms with Gasteiger partial charge in [0.1, 0.15) is 5.83 Å². The molecule has 0 aromatic heterocycles. The van der Waals surface area contributed by atoms with Crippen LogP contribution in [0.25, 0.3) is 0 Å². The third-order valence-electron chi connectivity index (χ3n) is 8.04. The Balaban J connectivity index is 1.75. The summed E-state index contributed by atoms with van der Waals surface area (Å²) in [5, 5.41) is 20.5. The highest BCUT2D eigenvalue weighted by Crippen LogP contribution is 2.66. The minimum Gasteiger partial charge on any atom is -0.393 e. The molecule has 0 aliphatic heterocycles. The Hall–Kier alpha value is -0.670. The zero-order valence-corrected chi connectivity index (χ0v) is 14.1. The van der Waals surface area contributed by atoms with E-state index in [9.17, 15) is 14.6 Å². The molecular formula is C20H29FO2. The Kier molecular flexibility index (Phi) is 3.55. The van der Waals surface area contributed by atoms with Crippen LogP contribution in [0.5, 0.6) is 0 Å². The van der Waals surface area contributed by atoms with Crippen LogP contribution in [-0.2, 0) is 0 Å². The lowest BCUT2D eigenvalue weighted by Crippen LogP contribution is -2.52. The predicted molar refractivity (Wildman–Crippen MR) is 88.3 cm³/mol. The Morgan fingerprint density at radius 2 is 1.96 bits per heavy atom. The summed E-state index contributed by atoms with van der Waals surface area (Å²) in [6.07, 6.45) is 8.58. The highest BCUT2D eigenvalue weighted by atomic mass is 19.1. The van der Waals surface area contributed by atoms with E-state index in [-0.39, 0.29) is 23.4 Å². The van der Waals surface area contributed by atoms with Crippen molar-refractivity contribution in [2.75, 3.05) is 0 Å². The summed E-state index contributed by atoms with van der Waals surface area (Å²) in [5.74, 6) is 1.07. The Morgan fingerprint density at radius 1 is 1.17 bits per heavy atom. The maximum Gasteiger partial charge on any atom is 0.103 e. The second-order valence-electron chi connectivity index (χ2n) is 8.75. The molecule has 0 spiro atoms. The van der Waals surface area contributed by atoms with Gasteiger partial charge in [0.2, 0.25) is 0 Å². The maximum absolute atomic E-state index is 14.8. The van der Waals surface area contributed by atoms with E-state index >= 15 is 0 Å². The van der Waals surface area contributed by atoms with Gasteiger partial charge in [0, 0.05) is 5.41 Å². The van der Waals surface area contributed by atoms with Crippen molar-refractivity contribution in [1.82, 2.24) is 0 Å². The van der Waals surface area contributed by atoms with Gasteiger partial charge in [-0.05, 0) is 74.5 Å². The van der Waals surface area contributed by atoms with E-state index in [0.717, 1.165) is 37.7 Å². The monoisotopic (exact) mass is 320 g/mol. The van der Waals surface area contributed by atoms with Gasteiger partial charge in [-0.15, -0.1) is 0 Å². The smallest absolute Gasteiger partial charge is 0.103 e. The third kappa shape index (κ3) is 1.99. The molecule has 3 heteroatoms. The molecule has 4 aliphatic carbocycles. The molecule has 7 atom stereocenters. The van der Waals surface area contributed by atoms with Crippen LogP contribution in [0.2, 0.25) is 0 Å². The number of aliphatic hydroxyl groups is 2. The zero-order chi connectivity index (χ0) is 16.4. The van der Waals surface area contributed by atoms with Crippen LogP contribution in [0.3, 0.4) is 0 Å². The van der Waals surface area contributed by atoms with E-state index in [1.165, 1.54) is 0 Å². The highest BCUT2D eigenvalue weighted by Gasteiger charge is 2.60. The van der Waals surface area contributed by atoms with Gasteiger partial charge >= 0.3 is 0 Å². The van der Waals surface area contributed by atoms with Gasteiger partial charge in [-0.3, -0.25) is 0 Å². The largest absolute Gasteiger partial charge is 0.393 e. The summed E-state index contributed by atoms with van der Waals surface area (Å²) in [6.45, 7) is 5.99. The Bertz CT molecular complexity index is 556. The molecule has 4 aliphatic rings. The fraction of sp³-hybridized carbons (Fsp3) is 0.800. The lowest BCUT2D eigenvalue weighted by atomic mass is 9.47. The van der Waals surface area contributed by atoms with Crippen molar-refractivity contribution in [2.45, 2.75) is 70.5 Å². The third-order valence-corrected chi connectivity index (χ3v) is 8.04. The van der Waals surface area contributed by atoms with Crippen molar-refractivity contribution < 1.29 is 14.6 Å². The molecule has 23 heavy (non-hydrogen) atoms. The quantitative estimate of drug-likeness (QED) is 0.713. The van der Waals surface area contributed by atoms with Gasteiger partial charge in [-0.2, -0.15) is 0 Å². The molecule has 0 aromatic carbocycles. The topological polar surface area (TPSA) is 40.5 Å². The highest BCUT2D eigenvalue weighted by molar-refractivity contribution is 5.33. The van der Waals surface area contributed by atoms with Crippen molar-refractivity contribution in [3.8, 4) is 0 Å². The van der Waals surface area contributed by atoms with E-state index in [1.807, 2.05) is 0 Å². The van der Waals surface area contributed by atoms with Crippen molar-refractivity contribution in [2.24, 2.45) is 28.6 Å². The summed E-state index contributed by atoms with van der Waals surface area (Å²) in [7, 11) is 0. The lowest BCUT2D eigenvalue weighted by Gasteiger charge is -2.58. The standard InChI is InChI=1S/C20H29FO2/c1-12(21)20-10-7-14(22)11-13(20)3-4-15-16-5-6-18(23)19(16,2)9-8-17(15)20/h3,14-18,22-23H,1,4-11H2,2H3/t14-,15?,16?,17?,18-,19-,20+/m0/s1. The normalized spacial score (nSPS) is 52.2. The number of fused-ring (bicyclic) bond motifs is 5. The minimum absolute atomic E-state index is 0.0134. The first-order chi connectivity index (χ1) is 10.9. The van der Waals surface area contributed by atoms with Crippen molar-refractivity contribution in [3.05, 3.63) is 24.1 Å². The molecule has 2 nitrogen and oxygen atoms in total. The van der Waals surface area contributed by atoms with Gasteiger partial charge in [-0.25, -0.2) is 4.39 Å². The fourth-order valence-electron chi connectivity index (χ4n) is 6.77. The summed E-state index contributed by atoms with van der Waals surface area (Å²) in [5.41, 5.74) is 0.587. The molecule has 3 saturated carbocycles. The summed E-state index contributed by atoms with van der Waals surface area (Å²) in [4.78, 5) is 0. The molecule has 0 radical (unpaired) electrons. The first kappa shape index (κ1) is 15.8. The second-order valence-corrected chi connectivity index (χ2v) is 8.75. The molecular weight excluding hydrogens is 291 g/mol. The van der Waals surface area contributed by atoms with Gasteiger partial charge < -0.3 is 10.2 Å². The van der Waals surface area contributed by atoms with E-state index in [0.29, 0.717) is 37.0 Å². The van der Waals surface area contributed by atoms with Crippen molar-refractivity contribution >= 4 is 0 Å². The molecule has 0 saturated heterocycles. The molecule has 2 N–H and O–H groups in total. The maximum atomic E-state index is 14.8. The fourth-order valence-corrected chi connectivity index (χ4v) is 6.77. The predicted octanol–water partition coefficient (Wildman–Crippen LogP) is 4.13. The van der Waals surface area contributed by atoms with Crippen LogP contribution < -0.4 is 0 Å². The van der Waals surface area contributed by atoms with Gasteiger partial charge in [0.25, 0.3) is 0 Å². The minimum atomic E-state index is -0.531. The Morgan fingerprint density at radius 3 is 2.70 bits per heavy atom. The van der Waals surface area contributed by atoms with Crippen molar-refractivity contribution in [3.63, 3.8) is 0 Å². The van der Waals surface area contributed by atoms with Crippen molar-refractivity contribution in [1.29, 1.82) is 0 Å². The number of halogens is 1. The summed E-state index contributed by atoms with van der Waals surface area (Å²) in [6, 6.07) is 0. The zero-order valence-electron chi connectivity index (χ0n) is 14.1. The lowest BCUT2D eigenvalue weighted by molar-refractivity contribution is -0.0708. The molecule has 3 fully saturated rings. The van der Waals surface area contributed by atoms with Crippen LogP contribution in [0.15, 0.2) is 24.1 Å². The van der Waals surface area contributed by atoms with E-state index in [2.05, 4.69) is 19.6 Å². The van der Waals surface area contributed by atoms with E-state index in [4.69, 9.17) is 0 Å². The molecule has 0 heterocycles. The average Bonchev–Trinajstić information content (AvgIpc) is 2.82. The van der Waals surface area contributed by atoms with Crippen LogP contribution in [0, 0.1) is 28.6 Å². The van der Waals surface area contributed by atoms with Crippen LogP contribution >= 0.6 is 0 Å². The molecule has 128 valence electrons. The van der Waals surface area contributed by atoms with Gasteiger partial charge in [-0.1, -0.05) is 25.2 Å². The molecule has 0 aromatic rings. The van der Waals surface area contributed by atoms with Gasteiger partial charge in [0.05, 0.1) is 12.2 Å².